The molecule has 0 aliphatic heterocycles. The van der Waals surface area contributed by atoms with E-state index in [0.29, 0.717) is 4.57 Å². The molecular formula is C6H6ClF3N2S. The van der Waals surface area contributed by atoms with Crippen LogP contribution in [0.1, 0.15) is 0 Å². The van der Waals surface area contributed by atoms with Gasteiger partial charge in [0, 0.05) is 19.4 Å². The predicted molar refractivity (Wildman–Crippen MR) is 45.2 cm³/mol. The highest BCUT2D eigenvalue weighted by atomic mass is 35.5. The van der Waals surface area contributed by atoms with Gasteiger partial charge in [-0.05, 0) is 12.2 Å². The molecule has 1 aromatic rings. The molecule has 0 saturated carbocycles. The van der Waals surface area contributed by atoms with Crippen molar-refractivity contribution in [1.82, 2.24) is 9.13 Å². The van der Waals surface area contributed by atoms with Crippen molar-refractivity contribution >= 4 is 23.8 Å². The molecule has 74 valence electrons. The smallest absolute Gasteiger partial charge is 0.327 e. The lowest BCUT2D eigenvalue weighted by atomic mass is 10.6. The molecule has 1 atom stereocenters. The van der Waals surface area contributed by atoms with Gasteiger partial charge in [-0.3, -0.25) is 4.57 Å². The summed E-state index contributed by atoms with van der Waals surface area (Å²) >= 11 is 9.31. The van der Waals surface area contributed by atoms with Gasteiger partial charge < -0.3 is 4.57 Å². The fourth-order valence-electron chi connectivity index (χ4n) is 0.796. The van der Waals surface area contributed by atoms with Gasteiger partial charge in [-0.25, -0.2) is 4.39 Å². The van der Waals surface area contributed by atoms with Gasteiger partial charge in [0.1, 0.15) is 0 Å². The summed E-state index contributed by atoms with van der Waals surface area (Å²) in [6.07, 6.45) is 2.28. The van der Waals surface area contributed by atoms with Gasteiger partial charge >= 0.3 is 6.05 Å². The molecule has 1 aromatic heterocycles. The van der Waals surface area contributed by atoms with Crippen LogP contribution in [0.5, 0.6) is 0 Å². The quantitative estimate of drug-likeness (QED) is 0.561. The van der Waals surface area contributed by atoms with Gasteiger partial charge in [-0.1, -0.05) is 11.6 Å². The summed E-state index contributed by atoms with van der Waals surface area (Å²) in [5.41, 5.74) is -2.79. The SMILES string of the molecule is Cn1ccn(C(F)(F)[C@H](F)Cl)c1=S. The van der Waals surface area contributed by atoms with E-state index in [2.05, 4.69) is 12.2 Å². The summed E-state index contributed by atoms with van der Waals surface area (Å²) in [6, 6.07) is -3.81. The van der Waals surface area contributed by atoms with Crippen LogP contribution in [0.3, 0.4) is 0 Å². The van der Waals surface area contributed by atoms with E-state index in [0.717, 1.165) is 6.20 Å². The monoisotopic (exact) mass is 230 g/mol. The third-order valence-corrected chi connectivity index (χ3v) is 2.28. The molecule has 0 aliphatic carbocycles. The minimum Gasteiger partial charge on any atom is -0.327 e. The molecule has 0 radical (unpaired) electrons. The predicted octanol–water partition coefficient (Wildman–Crippen LogP) is 2.64. The Hall–Kier alpha value is -0.490. The van der Waals surface area contributed by atoms with Crippen molar-refractivity contribution in [2.45, 2.75) is 11.7 Å². The minimum absolute atomic E-state index is 0.187. The maximum absolute atomic E-state index is 12.9. The molecule has 0 amide bonds. The summed E-state index contributed by atoms with van der Waals surface area (Å²) in [5.74, 6) is 0. The van der Waals surface area contributed by atoms with Gasteiger partial charge in [0.2, 0.25) is 0 Å². The first kappa shape index (κ1) is 10.6. The van der Waals surface area contributed by atoms with Crippen LogP contribution in [0.25, 0.3) is 0 Å². The Kier molecular flexibility index (Phi) is 2.72. The van der Waals surface area contributed by atoms with E-state index < -0.39 is 11.7 Å². The molecule has 13 heavy (non-hydrogen) atoms. The maximum Gasteiger partial charge on any atom is 0.376 e. The molecule has 0 fully saturated rings. The van der Waals surface area contributed by atoms with Gasteiger partial charge in [0.25, 0.3) is 5.63 Å². The Balaban J connectivity index is 3.23. The van der Waals surface area contributed by atoms with E-state index in [9.17, 15) is 13.2 Å². The number of hydrogen-bond donors (Lipinski definition) is 0. The molecule has 1 rings (SSSR count). The second-order valence-corrected chi connectivity index (χ2v) is 3.20. The number of alkyl halides is 4. The topological polar surface area (TPSA) is 9.86 Å². The van der Waals surface area contributed by atoms with E-state index in [1.807, 2.05) is 0 Å². The van der Waals surface area contributed by atoms with Gasteiger partial charge in [-0.15, -0.1) is 0 Å². The lowest BCUT2D eigenvalue weighted by molar-refractivity contribution is -0.117. The molecule has 0 aromatic carbocycles. The van der Waals surface area contributed by atoms with Crippen molar-refractivity contribution in [3.05, 3.63) is 17.2 Å². The summed E-state index contributed by atoms with van der Waals surface area (Å²) in [6.45, 7) is 0. The van der Waals surface area contributed by atoms with Crippen LogP contribution in [-0.4, -0.2) is 14.8 Å². The Morgan fingerprint density at radius 3 is 2.38 bits per heavy atom. The van der Waals surface area contributed by atoms with E-state index in [-0.39, 0.29) is 4.77 Å². The fourth-order valence-corrected chi connectivity index (χ4v) is 1.14. The van der Waals surface area contributed by atoms with Crippen LogP contribution >= 0.6 is 23.8 Å². The lowest BCUT2D eigenvalue weighted by Crippen LogP contribution is -2.30. The molecule has 7 heteroatoms. The molecule has 0 bridgehead atoms. The normalized spacial score (nSPS) is 14.5. The Labute approximate surface area is 82.5 Å². The molecule has 0 aliphatic rings. The molecule has 0 N–H and O–H groups in total. The van der Waals surface area contributed by atoms with Gasteiger partial charge in [0.05, 0.1) is 0 Å². The number of rotatable bonds is 2. The number of aryl methyl sites for hydroxylation is 1. The average Bonchev–Trinajstić information content (AvgIpc) is 2.33. The highest BCUT2D eigenvalue weighted by molar-refractivity contribution is 7.71. The highest BCUT2D eigenvalue weighted by Gasteiger charge is 2.41. The van der Waals surface area contributed by atoms with Crippen LogP contribution in [0.2, 0.25) is 0 Å². The lowest BCUT2D eigenvalue weighted by Gasteiger charge is -2.17. The van der Waals surface area contributed by atoms with Crippen molar-refractivity contribution in [3.63, 3.8) is 0 Å². The Morgan fingerprint density at radius 2 is 2.08 bits per heavy atom. The van der Waals surface area contributed by atoms with Crippen molar-refractivity contribution in [3.8, 4) is 0 Å². The van der Waals surface area contributed by atoms with Crippen LogP contribution in [0.4, 0.5) is 13.2 Å². The maximum atomic E-state index is 12.9. The summed E-state index contributed by atoms with van der Waals surface area (Å²) in [7, 11) is 1.48. The molecule has 2 nitrogen and oxygen atoms in total. The van der Waals surface area contributed by atoms with Crippen molar-refractivity contribution in [2.24, 2.45) is 7.05 Å². The standard InChI is InChI=1S/C6H6ClF3N2S/c1-11-2-3-12(5(11)13)6(9,10)4(7)8/h2-4H,1H3/t4-/m0/s1. The fraction of sp³-hybridized carbons (Fsp3) is 0.500. The summed E-state index contributed by atoms with van der Waals surface area (Å²) in [4.78, 5) is 0. The number of aromatic nitrogens is 2. The first-order valence-corrected chi connectivity index (χ1v) is 4.12. The van der Waals surface area contributed by atoms with Gasteiger partial charge in [0.15, 0.2) is 4.77 Å². The number of nitrogens with zero attached hydrogens (tertiary/aromatic N) is 2. The van der Waals surface area contributed by atoms with Crippen molar-refractivity contribution in [1.29, 1.82) is 0 Å². The Bertz CT molecular complexity index is 357. The number of halogens is 4. The molecule has 1 heterocycles. The van der Waals surface area contributed by atoms with E-state index in [1.54, 1.807) is 0 Å². The third-order valence-electron chi connectivity index (χ3n) is 1.53. The second kappa shape index (κ2) is 3.34. The third kappa shape index (κ3) is 1.73. The molecule has 0 spiro atoms. The van der Waals surface area contributed by atoms with Crippen LogP contribution in [-0.2, 0) is 13.1 Å². The van der Waals surface area contributed by atoms with Crippen molar-refractivity contribution < 1.29 is 13.2 Å². The van der Waals surface area contributed by atoms with Crippen LogP contribution in [0, 0.1) is 4.77 Å². The van der Waals surface area contributed by atoms with Crippen molar-refractivity contribution in [2.75, 3.05) is 0 Å². The molecule has 0 saturated heterocycles. The van der Waals surface area contributed by atoms with E-state index in [4.69, 9.17) is 11.6 Å². The first-order chi connectivity index (χ1) is 5.87. The average molecular weight is 231 g/mol. The zero-order valence-corrected chi connectivity index (χ0v) is 8.12. The Morgan fingerprint density at radius 1 is 1.54 bits per heavy atom. The first-order valence-electron chi connectivity index (χ1n) is 3.27. The van der Waals surface area contributed by atoms with Gasteiger partial charge in [-0.2, -0.15) is 8.78 Å². The van der Waals surface area contributed by atoms with Crippen LogP contribution in [0.15, 0.2) is 12.4 Å². The number of hydrogen-bond acceptors (Lipinski definition) is 1. The summed E-state index contributed by atoms with van der Waals surface area (Å²) in [5, 5.41) is 0. The summed E-state index contributed by atoms with van der Waals surface area (Å²) < 4.78 is 39.5. The minimum atomic E-state index is -3.81. The number of imidazole rings is 1. The zero-order chi connectivity index (χ0) is 10.2. The zero-order valence-electron chi connectivity index (χ0n) is 6.55. The second-order valence-electron chi connectivity index (χ2n) is 2.45. The molecular weight excluding hydrogens is 225 g/mol. The van der Waals surface area contributed by atoms with E-state index >= 15 is 0 Å². The largest absolute Gasteiger partial charge is 0.376 e. The highest BCUT2D eigenvalue weighted by Crippen LogP contribution is 2.30. The molecule has 0 unspecified atom stereocenters. The van der Waals surface area contributed by atoms with Crippen LogP contribution < -0.4 is 0 Å². The van der Waals surface area contributed by atoms with E-state index in [1.165, 1.54) is 17.8 Å².